The monoisotopic (exact) mass is 331 g/mol. The molecule has 0 amide bonds. The summed E-state index contributed by atoms with van der Waals surface area (Å²) >= 11 is 6.08. The number of nitrogens with one attached hydrogen (secondary N) is 2. The molecule has 1 fully saturated rings. The van der Waals surface area contributed by atoms with Crippen LogP contribution >= 0.6 is 11.6 Å². The average molecular weight is 332 g/mol. The average Bonchev–Trinajstić information content (AvgIpc) is 3.17. The van der Waals surface area contributed by atoms with Crippen LogP contribution in [0.25, 0.3) is 5.65 Å². The number of rotatable bonds is 3. The zero-order chi connectivity index (χ0) is 15.8. The first-order valence-corrected chi connectivity index (χ1v) is 8.09. The molecule has 1 aliphatic rings. The summed E-state index contributed by atoms with van der Waals surface area (Å²) in [5.74, 6) is 1.77. The molecule has 0 spiro atoms. The lowest BCUT2D eigenvalue weighted by molar-refractivity contribution is 0.522. The van der Waals surface area contributed by atoms with Crippen molar-refractivity contribution in [2.24, 2.45) is 0 Å². The van der Waals surface area contributed by atoms with E-state index in [1.165, 1.54) is 0 Å². The van der Waals surface area contributed by atoms with Crippen LogP contribution < -0.4 is 10.2 Å². The first-order chi connectivity index (χ1) is 11.2. The maximum atomic E-state index is 6.08. The second kappa shape index (κ2) is 5.73. The highest BCUT2D eigenvalue weighted by atomic mass is 35.5. The van der Waals surface area contributed by atoms with Crippen LogP contribution in [0.4, 0.5) is 11.6 Å². The van der Waals surface area contributed by atoms with Crippen molar-refractivity contribution in [1.29, 1.82) is 0 Å². The Bertz CT molecular complexity index is 816. The molecule has 0 radical (unpaired) electrons. The normalized spacial score (nSPS) is 16.2. The number of aromatic nitrogens is 5. The van der Waals surface area contributed by atoms with Gasteiger partial charge in [0.05, 0.1) is 0 Å². The molecule has 0 unspecified atom stereocenters. The number of hydrogen-bond acceptors (Lipinski definition) is 5. The van der Waals surface area contributed by atoms with E-state index < -0.39 is 0 Å². The Morgan fingerprint density at radius 1 is 1.35 bits per heavy atom. The quantitative estimate of drug-likeness (QED) is 0.771. The van der Waals surface area contributed by atoms with Crippen LogP contribution in [-0.2, 0) is 0 Å². The maximum absolute atomic E-state index is 6.08. The van der Waals surface area contributed by atoms with Gasteiger partial charge in [-0.3, -0.25) is 5.10 Å². The van der Waals surface area contributed by atoms with E-state index in [1.54, 1.807) is 12.4 Å². The number of nitrogens with zero attached hydrogens (tertiary/aromatic N) is 5. The molecular formula is C15H18ClN7. The Hall–Kier alpha value is -2.28. The van der Waals surface area contributed by atoms with Crippen LogP contribution in [0.3, 0.4) is 0 Å². The minimum atomic E-state index is 0.359. The first-order valence-electron chi connectivity index (χ1n) is 7.72. The lowest BCUT2D eigenvalue weighted by Crippen LogP contribution is -2.39. The summed E-state index contributed by atoms with van der Waals surface area (Å²) in [6.45, 7) is 3.95. The highest BCUT2D eigenvalue weighted by molar-refractivity contribution is 6.29. The molecule has 1 saturated heterocycles. The van der Waals surface area contributed by atoms with Gasteiger partial charge in [-0.15, -0.1) is 0 Å². The van der Waals surface area contributed by atoms with E-state index in [4.69, 9.17) is 11.6 Å². The lowest BCUT2D eigenvalue weighted by Gasteiger charge is -2.32. The Morgan fingerprint density at radius 2 is 2.17 bits per heavy atom. The van der Waals surface area contributed by atoms with Crippen molar-refractivity contribution in [3.05, 3.63) is 35.5 Å². The number of aromatic amines is 1. The minimum Gasteiger partial charge on any atom is -0.364 e. The van der Waals surface area contributed by atoms with Gasteiger partial charge in [0.2, 0.25) is 0 Å². The predicted octanol–water partition coefficient (Wildman–Crippen LogP) is 2.50. The molecule has 0 atom stereocenters. The third-order valence-corrected chi connectivity index (χ3v) is 4.38. The molecule has 4 heterocycles. The molecular weight excluding hydrogens is 314 g/mol. The third-order valence-electron chi connectivity index (χ3n) is 4.20. The Morgan fingerprint density at radius 3 is 2.91 bits per heavy atom. The van der Waals surface area contributed by atoms with E-state index in [-0.39, 0.29) is 0 Å². The lowest BCUT2D eigenvalue weighted by atomic mass is 10.1. The summed E-state index contributed by atoms with van der Waals surface area (Å²) in [6.07, 6.45) is 7.43. The first kappa shape index (κ1) is 14.3. The summed E-state index contributed by atoms with van der Waals surface area (Å²) in [5, 5.41) is 11.3. The van der Waals surface area contributed by atoms with Crippen molar-refractivity contribution < 1.29 is 0 Å². The molecule has 0 bridgehead atoms. The zero-order valence-electron chi connectivity index (χ0n) is 12.8. The molecule has 120 valence electrons. The van der Waals surface area contributed by atoms with E-state index >= 15 is 0 Å². The topological polar surface area (TPSA) is 74.1 Å². The fourth-order valence-electron chi connectivity index (χ4n) is 3.01. The van der Waals surface area contributed by atoms with Crippen molar-refractivity contribution in [3.63, 3.8) is 0 Å². The van der Waals surface area contributed by atoms with E-state index in [1.807, 2.05) is 17.5 Å². The number of halogens is 1. The van der Waals surface area contributed by atoms with E-state index in [2.05, 4.69) is 36.4 Å². The number of hydrogen-bond donors (Lipinski definition) is 2. The van der Waals surface area contributed by atoms with E-state index in [0.717, 1.165) is 48.9 Å². The summed E-state index contributed by atoms with van der Waals surface area (Å²) < 4.78 is 1.89. The molecule has 3 aromatic heterocycles. The van der Waals surface area contributed by atoms with E-state index in [9.17, 15) is 0 Å². The highest BCUT2D eigenvalue weighted by Crippen LogP contribution is 2.23. The Kier molecular flexibility index (Phi) is 3.57. The molecule has 1 aliphatic heterocycles. The summed E-state index contributed by atoms with van der Waals surface area (Å²) in [5.41, 5.74) is 1.89. The number of aryl methyl sites for hydroxylation is 1. The van der Waals surface area contributed by atoms with Crippen molar-refractivity contribution in [3.8, 4) is 0 Å². The van der Waals surface area contributed by atoms with Gasteiger partial charge in [0.25, 0.3) is 0 Å². The van der Waals surface area contributed by atoms with Crippen LogP contribution in [0.5, 0.6) is 0 Å². The van der Waals surface area contributed by atoms with E-state index in [0.29, 0.717) is 11.2 Å². The Labute approximate surface area is 138 Å². The highest BCUT2D eigenvalue weighted by Gasteiger charge is 2.22. The second-order valence-corrected chi connectivity index (χ2v) is 6.27. The summed E-state index contributed by atoms with van der Waals surface area (Å²) in [7, 11) is 0. The van der Waals surface area contributed by atoms with Crippen molar-refractivity contribution in [1.82, 2.24) is 24.6 Å². The van der Waals surface area contributed by atoms with Crippen LogP contribution in [0.2, 0.25) is 5.15 Å². The van der Waals surface area contributed by atoms with Gasteiger partial charge < -0.3 is 14.6 Å². The molecule has 23 heavy (non-hydrogen) atoms. The number of anilines is 2. The molecule has 7 nitrogen and oxygen atoms in total. The van der Waals surface area contributed by atoms with Crippen LogP contribution in [-0.4, -0.2) is 43.7 Å². The molecule has 0 aliphatic carbocycles. The molecule has 8 heteroatoms. The minimum absolute atomic E-state index is 0.359. The SMILES string of the molecule is Cc1cc(N2CCC(Nc3nc(Cl)cn4ccnc34)CC2)n[nH]1. The van der Waals surface area contributed by atoms with Crippen LogP contribution in [0.15, 0.2) is 24.7 Å². The molecule has 0 saturated carbocycles. The number of H-pyrrole nitrogens is 1. The van der Waals surface area contributed by atoms with Crippen molar-refractivity contribution in [2.75, 3.05) is 23.3 Å². The molecule has 2 N–H and O–H groups in total. The van der Waals surface area contributed by atoms with Gasteiger partial charge in [0, 0.05) is 49.5 Å². The van der Waals surface area contributed by atoms with Crippen LogP contribution in [0, 0.1) is 6.92 Å². The largest absolute Gasteiger partial charge is 0.364 e. The van der Waals surface area contributed by atoms with Gasteiger partial charge >= 0.3 is 0 Å². The van der Waals surface area contributed by atoms with Crippen LogP contribution in [0.1, 0.15) is 18.5 Å². The van der Waals surface area contributed by atoms with Gasteiger partial charge in [-0.2, -0.15) is 5.10 Å². The fourth-order valence-corrected chi connectivity index (χ4v) is 3.20. The number of piperidine rings is 1. The fraction of sp³-hybridized carbons (Fsp3) is 0.400. The number of fused-ring (bicyclic) bond motifs is 1. The molecule has 3 aromatic rings. The standard InChI is InChI=1S/C15H18ClN7/c1-10-8-13(21-20-10)22-5-2-11(3-6-22)18-14-15-17-4-7-23(15)9-12(16)19-14/h4,7-9,11H,2-3,5-6H2,1H3,(H,18,19)(H,20,21). The van der Waals surface area contributed by atoms with Gasteiger partial charge in [0.15, 0.2) is 17.3 Å². The van der Waals surface area contributed by atoms with Crippen molar-refractivity contribution >= 4 is 28.9 Å². The van der Waals surface area contributed by atoms with Crippen molar-refractivity contribution in [2.45, 2.75) is 25.8 Å². The third kappa shape index (κ3) is 2.84. The summed E-state index contributed by atoms with van der Waals surface area (Å²) in [6, 6.07) is 2.44. The maximum Gasteiger partial charge on any atom is 0.180 e. The smallest absolute Gasteiger partial charge is 0.180 e. The zero-order valence-corrected chi connectivity index (χ0v) is 13.6. The molecule has 0 aromatic carbocycles. The van der Waals surface area contributed by atoms with Gasteiger partial charge in [0.1, 0.15) is 5.15 Å². The Balaban J connectivity index is 1.45. The predicted molar refractivity (Wildman–Crippen MR) is 90.2 cm³/mol. The number of imidazole rings is 1. The van der Waals surface area contributed by atoms with Gasteiger partial charge in [-0.05, 0) is 19.8 Å². The molecule has 4 rings (SSSR count). The van der Waals surface area contributed by atoms with Gasteiger partial charge in [-0.25, -0.2) is 9.97 Å². The summed E-state index contributed by atoms with van der Waals surface area (Å²) in [4.78, 5) is 11.0. The van der Waals surface area contributed by atoms with Gasteiger partial charge in [-0.1, -0.05) is 11.6 Å². The second-order valence-electron chi connectivity index (χ2n) is 5.89.